The molecule has 0 radical (unpaired) electrons. The minimum atomic E-state index is 0. The van der Waals surface area contributed by atoms with Gasteiger partial charge in [-0.1, -0.05) is 129 Å². The topological polar surface area (TPSA) is 3.24 Å². The molecule has 0 aromatic heterocycles. The fraction of sp³-hybridized carbons (Fsp3) is 1.00. The van der Waals surface area contributed by atoms with E-state index in [1.54, 1.807) is 0 Å². The van der Waals surface area contributed by atoms with Gasteiger partial charge in [0, 0.05) is 0 Å². The molecule has 0 unspecified atom stereocenters. The van der Waals surface area contributed by atoms with Crippen molar-refractivity contribution in [2.75, 3.05) is 20.6 Å². The molecule has 0 amide bonds. The van der Waals surface area contributed by atoms with Crippen LogP contribution in [-0.4, -0.2) is 25.5 Å². The molecule has 0 N–H and O–H groups in total. The fourth-order valence-corrected chi connectivity index (χ4v) is 3.68. The maximum absolute atomic E-state index is 2.30. The normalized spacial score (nSPS) is 11.1. The molecule has 0 rings (SSSR count). The van der Waals surface area contributed by atoms with Crippen molar-refractivity contribution in [2.45, 2.75) is 135 Å². The Hall–Kier alpha value is 0.690. The van der Waals surface area contributed by atoms with Crippen molar-refractivity contribution in [3.8, 4) is 0 Å². The average Bonchev–Trinajstić information content (AvgIpc) is 2.60. The first-order valence-corrected chi connectivity index (χ1v) is 11.9. The molecule has 0 fully saturated rings. The SMILES string of the molecule is CCCCCCCCCCCCCCCCCCCCCCN(C)C.I. The fourth-order valence-electron chi connectivity index (χ4n) is 3.68. The minimum Gasteiger partial charge on any atom is -0.309 e. The summed E-state index contributed by atoms with van der Waals surface area (Å²) in [6, 6.07) is 0. The van der Waals surface area contributed by atoms with Crippen LogP contribution in [0.15, 0.2) is 0 Å². The van der Waals surface area contributed by atoms with E-state index in [0.717, 1.165) is 0 Å². The van der Waals surface area contributed by atoms with Crippen LogP contribution >= 0.6 is 24.0 Å². The Morgan fingerprint density at radius 1 is 0.385 bits per heavy atom. The van der Waals surface area contributed by atoms with Gasteiger partial charge in [-0.2, -0.15) is 0 Å². The minimum absolute atomic E-state index is 0. The van der Waals surface area contributed by atoms with Gasteiger partial charge in [0.05, 0.1) is 0 Å². The van der Waals surface area contributed by atoms with E-state index in [2.05, 4.69) is 25.9 Å². The lowest BCUT2D eigenvalue weighted by Gasteiger charge is -2.08. The first kappa shape index (κ1) is 28.9. The van der Waals surface area contributed by atoms with Gasteiger partial charge in [-0.25, -0.2) is 0 Å². The molecular formula is C24H52IN. The largest absolute Gasteiger partial charge is 0.309 e. The van der Waals surface area contributed by atoms with Gasteiger partial charge in [0.1, 0.15) is 0 Å². The van der Waals surface area contributed by atoms with Gasteiger partial charge in [0.25, 0.3) is 0 Å². The van der Waals surface area contributed by atoms with Crippen molar-refractivity contribution in [1.82, 2.24) is 4.90 Å². The second-order valence-electron chi connectivity index (χ2n) is 8.52. The number of unbranched alkanes of at least 4 members (excludes halogenated alkanes) is 19. The van der Waals surface area contributed by atoms with Crippen molar-refractivity contribution in [1.29, 1.82) is 0 Å². The summed E-state index contributed by atoms with van der Waals surface area (Å²) in [4.78, 5) is 2.30. The van der Waals surface area contributed by atoms with Crippen LogP contribution in [-0.2, 0) is 0 Å². The van der Waals surface area contributed by atoms with Crippen LogP contribution in [0.4, 0.5) is 0 Å². The Kier molecular flexibility index (Phi) is 28.6. The van der Waals surface area contributed by atoms with Crippen molar-refractivity contribution in [3.05, 3.63) is 0 Å². The molecule has 26 heavy (non-hydrogen) atoms. The zero-order valence-corrected chi connectivity index (χ0v) is 21.0. The van der Waals surface area contributed by atoms with Gasteiger partial charge in [0.2, 0.25) is 0 Å². The van der Waals surface area contributed by atoms with Gasteiger partial charge in [-0.3, -0.25) is 0 Å². The first-order chi connectivity index (χ1) is 12.3. The Morgan fingerprint density at radius 3 is 0.846 bits per heavy atom. The molecule has 1 nitrogen and oxygen atoms in total. The quantitative estimate of drug-likeness (QED) is 0.117. The molecule has 160 valence electrons. The van der Waals surface area contributed by atoms with Gasteiger partial charge in [0.15, 0.2) is 0 Å². The molecule has 0 spiro atoms. The van der Waals surface area contributed by atoms with Crippen LogP contribution in [0, 0.1) is 0 Å². The number of nitrogens with zero attached hydrogens (tertiary/aromatic N) is 1. The first-order valence-electron chi connectivity index (χ1n) is 11.9. The maximum Gasteiger partial charge on any atom is -0.00248 e. The summed E-state index contributed by atoms with van der Waals surface area (Å²) >= 11 is 0. The molecule has 0 aromatic carbocycles. The molecule has 0 aliphatic rings. The van der Waals surface area contributed by atoms with E-state index in [-0.39, 0.29) is 24.0 Å². The molecule has 2 heteroatoms. The second kappa shape index (κ2) is 25.7. The molecule has 0 atom stereocenters. The average molecular weight is 482 g/mol. The van der Waals surface area contributed by atoms with Gasteiger partial charge in [-0.05, 0) is 27.1 Å². The highest BCUT2D eigenvalue weighted by Gasteiger charge is 1.95. The summed E-state index contributed by atoms with van der Waals surface area (Å²) in [7, 11) is 4.35. The van der Waals surface area contributed by atoms with E-state index in [4.69, 9.17) is 0 Å². The van der Waals surface area contributed by atoms with Crippen LogP contribution in [0.3, 0.4) is 0 Å². The zero-order chi connectivity index (χ0) is 18.4. The predicted octanol–water partition coefficient (Wildman–Crippen LogP) is 8.99. The number of hydrogen-bond acceptors (Lipinski definition) is 1. The Bertz CT molecular complexity index is 230. The lowest BCUT2D eigenvalue weighted by atomic mass is 10.0. The van der Waals surface area contributed by atoms with E-state index >= 15 is 0 Å². The molecule has 0 aromatic rings. The third kappa shape index (κ3) is 26.9. The van der Waals surface area contributed by atoms with Crippen LogP contribution < -0.4 is 0 Å². The smallest absolute Gasteiger partial charge is 0.00248 e. The Labute approximate surface area is 184 Å². The highest BCUT2D eigenvalue weighted by molar-refractivity contribution is 14.0. The molecule has 0 heterocycles. The van der Waals surface area contributed by atoms with Gasteiger partial charge in [-0.15, -0.1) is 24.0 Å². The molecule has 0 saturated carbocycles. The molecule has 0 saturated heterocycles. The summed E-state index contributed by atoms with van der Waals surface area (Å²) in [5, 5.41) is 0. The summed E-state index contributed by atoms with van der Waals surface area (Å²) in [6.07, 6.45) is 29.3. The van der Waals surface area contributed by atoms with Crippen molar-refractivity contribution in [3.63, 3.8) is 0 Å². The van der Waals surface area contributed by atoms with E-state index < -0.39 is 0 Å². The highest BCUT2D eigenvalue weighted by atomic mass is 127. The molecule has 0 bridgehead atoms. The number of halogens is 1. The Morgan fingerprint density at radius 2 is 0.615 bits per heavy atom. The molecule has 0 aliphatic heterocycles. The van der Waals surface area contributed by atoms with E-state index in [1.165, 1.54) is 135 Å². The summed E-state index contributed by atoms with van der Waals surface area (Å²) in [5.74, 6) is 0. The third-order valence-electron chi connectivity index (χ3n) is 5.46. The van der Waals surface area contributed by atoms with Crippen LogP contribution in [0.5, 0.6) is 0 Å². The number of rotatable bonds is 21. The van der Waals surface area contributed by atoms with E-state index in [0.29, 0.717) is 0 Å². The molecular weight excluding hydrogens is 429 g/mol. The Balaban J connectivity index is 0. The van der Waals surface area contributed by atoms with Crippen molar-refractivity contribution < 1.29 is 0 Å². The standard InChI is InChI=1S/C24H51N.HI/c1-4-5-6-7-8-9-10-11-12-13-14-15-16-17-18-19-20-21-22-23-24-25(2)3;/h4-24H2,1-3H3;1H. The number of hydrogen-bond donors (Lipinski definition) is 0. The predicted molar refractivity (Wildman–Crippen MR) is 132 cm³/mol. The summed E-state index contributed by atoms with van der Waals surface area (Å²) in [6.45, 7) is 3.56. The zero-order valence-electron chi connectivity index (χ0n) is 18.7. The van der Waals surface area contributed by atoms with E-state index in [1.807, 2.05) is 0 Å². The lowest BCUT2D eigenvalue weighted by Crippen LogP contribution is -2.12. The van der Waals surface area contributed by atoms with Crippen molar-refractivity contribution in [2.24, 2.45) is 0 Å². The van der Waals surface area contributed by atoms with Crippen LogP contribution in [0.25, 0.3) is 0 Å². The van der Waals surface area contributed by atoms with Crippen LogP contribution in [0.2, 0.25) is 0 Å². The van der Waals surface area contributed by atoms with Gasteiger partial charge >= 0.3 is 0 Å². The lowest BCUT2D eigenvalue weighted by molar-refractivity contribution is 0.389. The van der Waals surface area contributed by atoms with Crippen molar-refractivity contribution >= 4 is 24.0 Å². The summed E-state index contributed by atoms with van der Waals surface area (Å²) in [5.41, 5.74) is 0. The molecule has 0 aliphatic carbocycles. The monoisotopic (exact) mass is 481 g/mol. The van der Waals surface area contributed by atoms with E-state index in [9.17, 15) is 0 Å². The summed E-state index contributed by atoms with van der Waals surface area (Å²) < 4.78 is 0. The van der Waals surface area contributed by atoms with Gasteiger partial charge < -0.3 is 4.90 Å². The third-order valence-corrected chi connectivity index (χ3v) is 5.46. The maximum atomic E-state index is 2.30. The van der Waals surface area contributed by atoms with Crippen LogP contribution in [0.1, 0.15) is 135 Å². The highest BCUT2D eigenvalue weighted by Crippen LogP contribution is 2.14. The second-order valence-corrected chi connectivity index (χ2v) is 8.52.